The Kier molecular flexibility index (Phi) is 6.46. The summed E-state index contributed by atoms with van der Waals surface area (Å²) >= 11 is 4.98. The second-order valence-corrected chi connectivity index (χ2v) is 8.18. The van der Waals surface area contributed by atoms with Crippen molar-refractivity contribution in [2.45, 2.75) is 18.4 Å². The SMILES string of the molecule is CC(=O)Nc1ccc(S(=O)(=O)N(C)CC(=O)NCc2n[nH]c(=S)n2C)cc1. The molecule has 0 unspecified atom stereocenters. The largest absolute Gasteiger partial charge is 0.348 e. The fourth-order valence-electron chi connectivity index (χ4n) is 2.15. The second kappa shape index (κ2) is 8.41. The molecule has 0 bridgehead atoms. The maximum atomic E-state index is 12.6. The van der Waals surface area contributed by atoms with E-state index in [2.05, 4.69) is 20.8 Å². The molecular formula is C15H20N6O4S2. The third-order valence-electron chi connectivity index (χ3n) is 3.67. The molecule has 1 heterocycles. The van der Waals surface area contributed by atoms with Crippen LogP contribution in [-0.4, -0.2) is 52.9 Å². The van der Waals surface area contributed by atoms with Gasteiger partial charge in [-0.15, -0.1) is 0 Å². The van der Waals surface area contributed by atoms with Crippen LogP contribution in [0, 0.1) is 4.77 Å². The third kappa shape index (κ3) is 5.21. The summed E-state index contributed by atoms with van der Waals surface area (Å²) < 4.78 is 28.1. The van der Waals surface area contributed by atoms with Crippen molar-refractivity contribution < 1.29 is 18.0 Å². The predicted octanol–water partition coefficient (Wildman–Crippen LogP) is 0.373. The van der Waals surface area contributed by atoms with E-state index < -0.39 is 15.9 Å². The van der Waals surface area contributed by atoms with E-state index in [-0.39, 0.29) is 23.9 Å². The van der Waals surface area contributed by atoms with Gasteiger partial charge in [-0.3, -0.25) is 14.7 Å². The summed E-state index contributed by atoms with van der Waals surface area (Å²) in [6, 6.07) is 5.69. The molecule has 0 radical (unpaired) electrons. The van der Waals surface area contributed by atoms with Crippen molar-refractivity contribution in [1.82, 2.24) is 24.4 Å². The maximum Gasteiger partial charge on any atom is 0.243 e. The van der Waals surface area contributed by atoms with Crippen molar-refractivity contribution in [2.75, 3.05) is 18.9 Å². The molecule has 3 N–H and O–H groups in total. The van der Waals surface area contributed by atoms with Gasteiger partial charge < -0.3 is 15.2 Å². The lowest BCUT2D eigenvalue weighted by Gasteiger charge is -2.17. The molecule has 1 aromatic heterocycles. The number of likely N-dealkylation sites (N-methyl/N-ethyl adjacent to an activating group) is 1. The van der Waals surface area contributed by atoms with Crippen molar-refractivity contribution in [3.63, 3.8) is 0 Å². The number of amides is 2. The van der Waals surface area contributed by atoms with Crippen LogP contribution in [0.3, 0.4) is 0 Å². The summed E-state index contributed by atoms with van der Waals surface area (Å²) in [6.45, 7) is 1.11. The van der Waals surface area contributed by atoms with Gasteiger partial charge in [-0.25, -0.2) is 8.42 Å². The van der Waals surface area contributed by atoms with Crippen LogP contribution in [0.15, 0.2) is 29.2 Å². The van der Waals surface area contributed by atoms with Gasteiger partial charge in [-0.05, 0) is 36.5 Å². The highest BCUT2D eigenvalue weighted by Crippen LogP contribution is 2.17. The first kappa shape index (κ1) is 20.7. The van der Waals surface area contributed by atoms with Gasteiger partial charge in [0, 0.05) is 26.7 Å². The number of hydrogen-bond donors (Lipinski definition) is 3. The summed E-state index contributed by atoms with van der Waals surface area (Å²) in [5.74, 6) is -0.217. The van der Waals surface area contributed by atoms with Gasteiger partial charge in [0.05, 0.1) is 18.0 Å². The highest BCUT2D eigenvalue weighted by Gasteiger charge is 2.23. The molecule has 2 rings (SSSR count). The fourth-order valence-corrected chi connectivity index (χ4v) is 3.43. The normalized spacial score (nSPS) is 11.4. The average molecular weight is 412 g/mol. The van der Waals surface area contributed by atoms with E-state index in [1.807, 2.05) is 0 Å². The van der Waals surface area contributed by atoms with Gasteiger partial charge in [0.1, 0.15) is 0 Å². The number of aromatic amines is 1. The zero-order valence-corrected chi connectivity index (χ0v) is 16.6. The van der Waals surface area contributed by atoms with Crippen LogP contribution < -0.4 is 10.6 Å². The van der Waals surface area contributed by atoms with Gasteiger partial charge >= 0.3 is 0 Å². The molecule has 0 saturated carbocycles. The van der Waals surface area contributed by atoms with Gasteiger partial charge in [-0.1, -0.05) is 0 Å². The van der Waals surface area contributed by atoms with E-state index in [1.165, 1.54) is 38.2 Å². The Hall–Kier alpha value is -2.57. The Morgan fingerprint density at radius 3 is 2.44 bits per heavy atom. The monoisotopic (exact) mass is 412 g/mol. The first-order chi connectivity index (χ1) is 12.6. The minimum Gasteiger partial charge on any atom is -0.348 e. The van der Waals surface area contributed by atoms with Gasteiger partial charge in [0.2, 0.25) is 21.8 Å². The van der Waals surface area contributed by atoms with Crippen LogP contribution in [0.25, 0.3) is 0 Å². The van der Waals surface area contributed by atoms with Crippen molar-refractivity contribution in [2.24, 2.45) is 7.05 Å². The summed E-state index contributed by atoms with van der Waals surface area (Å²) in [4.78, 5) is 23.1. The van der Waals surface area contributed by atoms with Crippen molar-refractivity contribution >= 4 is 39.7 Å². The Morgan fingerprint density at radius 2 is 1.93 bits per heavy atom. The number of hydrogen-bond acceptors (Lipinski definition) is 6. The molecule has 10 nitrogen and oxygen atoms in total. The number of nitrogens with zero attached hydrogens (tertiary/aromatic N) is 3. The number of sulfonamides is 1. The lowest BCUT2D eigenvalue weighted by Crippen LogP contribution is -2.38. The van der Waals surface area contributed by atoms with Gasteiger partial charge in [-0.2, -0.15) is 9.40 Å². The van der Waals surface area contributed by atoms with Crippen LogP contribution in [0.1, 0.15) is 12.7 Å². The van der Waals surface area contributed by atoms with E-state index in [1.54, 1.807) is 11.6 Å². The quantitative estimate of drug-likeness (QED) is 0.564. The first-order valence-corrected chi connectivity index (χ1v) is 9.67. The summed E-state index contributed by atoms with van der Waals surface area (Å²) in [5, 5.41) is 11.7. The first-order valence-electron chi connectivity index (χ1n) is 7.82. The standard InChI is InChI=1S/C15H20N6O4S2/c1-10(22)17-11-4-6-12(7-5-11)27(24,25)20(2)9-14(23)16-8-13-18-19-15(26)21(13)3/h4-7H,8-9H2,1-3H3,(H,16,23)(H,17,22)(H,19,26). The molecule has 2 amide bonds. The van der Waals surface area contributed by atoms with Gasteiger partial charge in [0.15, 0.2) is 10.6 Å². The number of H-pyrrole nitrogens is 1. The van der Waals surface area contributed by atoms with Crippen LogP contribution in [0.4, 0.5) is 5.69 Å². The highest BCUT2D eigenvalue weighted by molar-refractivity contribution is 7.89. The molecule has 0 aliphatic heterocycles. The van der Waals surface area contributed by atoms with Gasteiger partial charge in [0.25, 0.3) is 0 Å². The molecule has 1 aromatic carbocycles. The molecule has 27 heavy (non-hydrogen) atoms. The number of carbonyl (C=O) groups excluding carboxylic acids is 2. The molecule has 0 spiro atoms. The predicted molar refractivity (Wildman–Crippen MR) is 101 cm³/mol. The zero-order valence-electron chi connectivity index (χ0n) is 15.0. The average Bonchev–Trinajstić information content (AvgIpc) is 2.91. The van der Waals surface area contributed by atoms with Crippen molar-refractivity contribution in [1.29, 1.82) is 0 Å². The number of anilines is 1. The van der Waals surface area contributed by atoms with Crippen LogP contribution in [-0.2, 0) is 33.2 Å². The minimum absolute atomic E-state index is 0.0151. The molecule has 146 valence electrons. The zero-order chi connectivity index (χ0) is 20.2. The molecular weight excluding hydrogens is 392 g/mol. The van der Waals surface area contributed by atoms with E-state index in [0.29, 0.717) is 16.3 Å². The highest BCUT2D eigenvalue weighted by atomic mass is 32.2. The third-order valence-corrected chi connectivity index (χ3v) is 5.85. The molecule has 12 heteroatoms. The van der Waals surface area contributed by atoms with Crippen LogP contribution in [0.2, 0.25) is 0 Å². The second-order valence-electron chi connectivity index (χ2n) is 5.75. The Bertz CT molecular complexity index is 994. The number of carbonyl (C=O) groups is 2. The molecule has 0 atom stereocenters. The lowest BCUT2D eigenvalue weighted by molar-refractivity contribution is -0.121. The smallest absolute Gasteiger partial charge is 0.243 e. The number of rotatable bonds is 7. The van der Waals surface area contributed by atoms with Crippen molar-refractivity contribution in [3.8, 4) is 0 Å². The molecule has 0 saturated heterocycles. The summed E-state index contributed by atoms with van der Waals surface area (Å²) in [7, 11) is -0.835. The van der Waals surface area contributed by atoms with Crippen LogP contribution in [0.5, 0.6) is 0 Å². The van der Waals surface area contributed by atoms with E-state index in [0.717, 1.165) is 4.31 Å². The lowest BCUT2D eigenvalue weighted by atomic mass is 10.3. The number of aromatic nitrogens is 3. The molecule has 0 fully saturated rings. The number of nitrogens with one attached hydrogen (secondary N) is 3. The molecule has 0 aliphatic carbocycles. The molecule has 2 aromatic rings. The summed E-state index contributed by atoms with van der Waals surface area (Å²) in [5.41, 5.74) is 0.481. The minimum atomic E-state index is -3.85. The van der Waals surface area contributed by atoms with E-state index in [9.17, 15) is 18.0 Å². The Morgan fingerprint density at radius 1 is 1.30 bits per heavy atom. The van der Waals surface area contributed by atoms with E-state index in [4.69, 9.17) is 12.2 Å². The Labute approximate surface area is 161 Å². The summed E-state index contributed by atoms with van der Waals surface area (Å²) in [6.07, 6.45) is 0. The van der Waals surface area contributed by atoms with E-state index >= 15 is 0 Å². The van der Waals surface area contributed by atoms with Crippen molar-refractivity contribution in [3.05, 3.63) is 34.9 Å². The number of benzene rings is 1. The maximum absolute atomic E-state index is 12.6. The molecule has 0 aliphatic rings. The topological polar surface area (TPSA) is 129 Å². The Balaban J connectivity index is 1.99. The fraction of sp³-hybridized carbons (Fsp3) is 0.333. The van der Waals surface area contributed by atoms with Crippen LogP contribution >= 0.6 is 12.2 Å².